The quantitative estimate of drug-likeness (QED) is 0.845. The Morgan fingerprint density at radius 2 is 2.24 bits per heavy atom. The van der Waals surface area contributed by atoms with Crippen LogP contribution in [0.2, 0.25) is 0 Å². The van der Waals surface area contributed by atoms with E-state index in [0.29, 0.717) is 17.4 Å². The maximum Gasteiger partial charge on any atom is 0.258 e. The fourth-order valence-electron chi connectivity index (χ4n) is 3.16. The molecule has 2 aromatic rings. The highest BCUT2D eigenvalue weighted by Crippen LogP contribution is 2.39. The van der Waals surface area contributed by atoms with Crippen LogP contribution in [0.15, 0.2) is 22.7 Å². The van der Waals surface area contributed by atoms with E-state index in [0.717, 1.165) is 29.3 Å². The van der Waals surface area contributed by atoms with Crippen LogP contribution in [-0.2, 0) is 0 Å². The van der Waals surface area contributed by atoms with Gasteiger partial charge in [0, 0.05) is 11.5 Å². The molecular weight excluding hydrogens is 262 g/mol. The van der Waals surface area contributed by atoms with Crippen molar-refractivity contribution in [3.63, 3.8) is 0 Å². The van der Waals surface area contributed by atoms with E-state index in [1.165, 1.54) is 19.3 Å². The molecule has 3 rings (SSSR count). The van der Waals surface area contributed by atoms with Crippen molar-refractivity contribution in [1.82, 2.24) is 10.1 Å². The van der Waals surface area contributed by atoms with Crippen molar-refractivity contribution in [2.24, 2.45) is 5.92 Å². The topological polar surface area (TPSA) is 62.7 Å². The second kappa shape index (κ2) is 5.69. The van der Waals surface area contributed by atoms with Gasteiger partial charge in [-0.2, -0.15) is 10.2 Å². The molecule has 0 saturated heterocycles. The summed E-state index contributed by atoms with van der Waals surface area (Å²) in [4.78, 5) is 4.59. The first-order valence-corrected chi connectivity index (χ1v) is 7.56. The maximum atomic E-state index is 8.92. The number of nitriles is 1. The predicted molar refractivity (Wildman–Crippen MR) is 79.6 cm³/mol. The number of aryl methyl sites for hydroxylation is 1. The summed E-state index contributed by atoms with van der Waals surface area (Å²) < 4.78 is 5.44. The van der Waals surface area contributed by atoms with Gasteiger partial charge in [-0.15, -0.1) is 0 Å². The molecule has 1 fully saturated rings. The van der Waals surface area contributed by atoms with Crippen LogP contribution in [0.1, 0.15) is 55.5 Å². The maximum absolute atomic E-state index is 8.92. The Balaban J connectivity index is 1.84. The minimum atomic E-state index is 0.436. The van der Waals surface area contributed by atoms with Gasteiger partial charge in [0.1, 0.15) is 0 Å². The van der Waals surface area contributed by atoms with Gasteiger partial charge in [-0.1, -0.05) is 18.5 Å². The first kappa shape index (κ1) is 13.8. The highest BCUT2D eigenvalue weighted by Gasteiger charge is 2.28. The van der Waals surface area contributed by atoms with E-state index in [2.05, 4.69) is 23.1 Å². The average molecular weight is 281 g/mol. The summed E-state index contributed by atoms with van der Waals surface area (Å²) in [7, 11) is 0. The molecule has 1 aromatic heterocycles. The van der Waals surface area contributed by atoms with Crippen LogP contribution in [0.4, 0.5) is 0 Å². The third-order valence-corrected chi connectivity index (χ3v) is 4.51. The Labute approximate surface area is 124 Å². The number of hydrogen-bond acceptors (Lipinski definition) is 4. The van der Waals surface area contributed by atoms with Crippen molar-refractivity contribution in [1.29, 1.82) is 5.26 Å². The van der Waals surface area contributed by atoms with Crippen molar-refractivity contribution in [2.45, 2.75) is 45.4 Å². The number of rotatable bonds is 3. The molecule has 2 unspecified atom stereocenters. The minimum absolute atomic E-state index is 0.436. The zero-order valence-corrected chi connectivity index (χ0v) is 12.5. The number of aromatic nitrogens is 2. The molecular formula is C17H19N3O. The second-order valence-corrected chi connectivity index (χ2v) is 5.88. The number of benzene rings is 1. The van der Waals surface area contributed by atoms with Crippen LogP contribution < -0.4 is 0 Å². The molecule has 1 aliphatic carbocycles. The molecule has 1 saturated carbocycles. The lowest BCUT2D eigenvalue weighted by Crippen LogP contribution is -1.97. The van der Waals surface area contributed by atoms with Gasteiger partial charge in [-0.05, 0) is 55.9 Å². The van der Waals surface area contributed by atoms with Gasteiger partial charge in [-0.3, -0.25) is 0 Å². The molecule has 1 heterocycles. The Morgan fingerprint density at radius 3 is 2.90 bits per heavy atom. The first-order chi connectivity index (χ1) is 10.2. The van der Waals surface area contributed by atoms with Crippen LogP contribution in [0.25, 0.3) is 11.5 Å². The summed E-state index contributed by atoms with van der Waals surface area (Å²) in [5.41, 5.74) is 2.55. The van der Waals surface area contributed by atoms with E-state index in [4.69, 9.17) is 9.78 Å². The summed E-state index contributed by atoms with van der Waals surface area (Å²) in [5.74, 6) is 2.64. The molecule has 0 bridgehead atoms. The highest BCUT2D eigenvalue weighted by atomic mass is 16.5. The number of hydrogen-bond donors (Lipinski definition) is 0. The molecule has 0 N–H and O–H groups in total. The molecule has 0 aliphatic heterocycles. The molecule has 4 heteroatoms. The molecule has 0 spiro atoms. The Morgan fingerprint density at radius 1 is 1.38 bits per heavy atom. The molecule has 2 atom stereocenters. The van der Waals surface area contributed by atoms with Gasteiger partial charge in [-0.25, -0.2) is 0 Å². The highest BCUT2D eigenvalue weighted by molar-refractivity contribution is 5.60. The van der Waals surface area contributed by atoms with Crippen LogP contribution in [0.5, 0.6) is 0 Å². The van der Waals surface area contributed by atoms with Crippen molar-refractivity contribution >= 4 is 0 Å². The van der Waals surface area contributed by atoms with Gasteiger partial charge in [0.2, 0.25) is 0 Å². The SMILES string of the molecule is CCC1CCC(c2noc(-c3ccc(C#N)cc3C)n2)C1. The van der Waals surface area contributed by atoms with Crippen molar-refractivity contribution in [3.05, 3.63) is 35.2 Å². The lowest BCUT2D eigenvalue weighted by Gasteiger charge is -2.04. The van der Waals surface area contributed by atoms with E-state index >= 15 is 0 Å². The first-order valence-electron chi connectivity index (χ1n) is 7.56. The van der Waals surface area contributed by atoms with Crippen LogP contribution in [-0.4, -0.2) is 10.1 Å². The molecule has 21 heavy (non-hydrogen) atoms. The standard InChI is InChI=1S/C17H19N3O/c1-3-12-4-6-14(9-12)16-19-17(21-20-16)15-7-5-13(10-18)8-11(15)2/h5,7-8,12,14H,3-4,6,9H2,1-2H3. The lowest BCUT2D eigenvalue weighted by molar-refractivity contribution is 0.413. The summed E-state index contributed by atoms with van der Waals surface area (Å²) in [6.45, 7) is 4.21. The zero-order valence-electron chi connectivity index (χ0n) is 12.5. The Bertz CT molecular complexity index is 684. The lowest BCUT2D eigenvalue weighted by atomic mass is 10.0. The molecule has 1 aliphatic rings. The van der Waals surface area contributed by atoms with Crippen molar-refractivity contribution in [3.8, 4) is 17.5 Å². The summed E-state index contributed by atoms with van der Waals surface area (Å²) in [6.07, 6.45) is 4.82. The van der Waals surface area contributed by atoms with Gasteiger partial charge in [0.15, 0.2) is 5.82 Å². The molecule has 4 nitrogen and oxygen atoms in total. The van der Waals surface area contributed by atoms with Gasteiger partial charge < -0.3 is 4.52 Å². The third-order valence-electron chi connectivity index (χ3n) is 4.51. The fourth-order valence-corrected chi connectivity index (χ4v) is 3.16. The summed E-state index contributed by atoms with van der Waals surface area (Å²) in [6, 6.07) is 7.66. The van der Waals surface area contributed by atoms with Crippen LogP contribution in [0.3, 0.4) is 0 Å². The predicted octanol–water partition coefficient (Wildman–Crippen LogP) is 4.21. The summed E-state index contributed by atoms with van der Waals surface area (Å²) in [5, 5.41) is 13.1. The van der Waals surface area contributed by atoms with E-state index in [1.807, 2.05) is 19.1 Å². The van der Waals surface area contributed by atoms with Crippen LogP contribution in [0, 0.1) is 24.2 Å². The Hall–Kier alpha value is -2.15. The normalized spacial score (nSPS) is 21.4. The third kappa shape index (κ3) is 2.69. The van der Waals surface area contributed by atoms with Crippen molar-refractivity contribution < 1.29 is 4.52 Å². The largest absolute Gasteiger partial charge is 0.334 e. The fraction of sp³-hybridized carbons (Fsp3) is 0.471. The minimum Gasteiger partial charge on any atom is -0.334 e. The zero-order chi connectivity index (χ0) is 14.8. The van der Waals surface area contributed by atoms with Crippen LogP contribution >= 0.6 is 0 Å². The van der Waals surface area contributed by atoms with Gasteiger partial charge in [0.25, 0.3) is 5.89 Å². The average Bonchev–Trinajstić information content (AvgIpc) is 3.15. The van der Waals surface area contributed by atoms with Gasteiger partial charge >= 0.3 is 0 Å². The molecule has 108 valence electrons. The smallest absolute Gasteiger partial charge is 0.258 e. The van der Waals surface area contributed by atoms with Crippen molar-refractivity contribution in [2.75, 3.05) is 0 Å². The van der Waals surface area contributed by atoms with E-state index in [1.54, 1.807) is 6.07 Å². The Kier molecular flexibility index (Phi) is 3.74. The molecule has 1 aromatic carbocycles. The van der Waals surface area contributed by atoms with E-state index in [-0.39, 0.29) is 0 Å². The van der Waals surface area contributed by atoms with Gasteiger partial charge in [0.05, 0.1) is 11.6 Å². The second-order valence-electron chi connectivity index (χ2n) is 5.88. The molecule has 0 amide bonds. The summed E-state index contributed by atoms with van der Waals surface area (Å²) >= 11 is 0. The monoisotopic (exact) mass is 281 g/mol. The molecule has 0 radical (unpaired) electrons. The van der Waals surface area contributed by atoms with E-state index in [9.17, 15) is 0 Å². The number of nitrogens with zero attached hydrogens (tertiary/aromatic N) is 3. The van der Waals surface area contributed by atoms with E-state index < -0.39 is 0 Å².